The van der Waals surface area contributed by atoms with Gasteiger partial charge in [0.25, 0.3) is 0 Å². The van der Waals surface area contributed by atoms with E-state index in [9.17, 15) is 4.79 Å². The number of ether oxygens (including phenoxy) is 1. The molecule has 0 spiro atoms. The van der Waals surface area contributed by atoms with Gasteiger partial charge >= 0.3 is 5.97 Å². The van der Waals surface area contributed by atoms with Gasteiger partial charge in [-0.2, -0.15) is 0 Å². The summed E-state index contributed by atoms with van der Waals surface area (Å²) in [6.45, 7) is 1.95. The Balaban J connectivity index is 2.96. The molecule has 0 aromatic rings. The maximum absolute atomic E-state index is 10.6. The Morgan fingerprint density at radius 3 is 2.67 bits per heavy atom. The lowest BCUT2D eigenvalue weighted by Gasteiger charge is -1.85. The van der Waals surface area contributed by atoms with Crippen molar-refractivity contribution < 1.29 is 9.53 Å². The monoisotopic (exact) mass is 122 g/mol. The van der Waals surface area contributed by atoms with Crippen LogP contribution in [-0.2, 0) is 9.53 Å². The molecular weight excluding hydrogens is 116 g/mol. The number of terminal acetylenes is 1. The van der Waals surface area contributed by atoms with Crippen LogP contribution in [0.4, 0.5) is 0 Å². The Morgan fingerprint density at radius 1 is 1.78 bits per heavy atom. The molecule has 1 heterocycles. The smallest absolute Gasteiger partial charge is 0.335 e. The van der Waals surface area contributed by atoms with Crippen molar-refractivity contribution >= 4 is 5.97 Å². The van der Waals surface area contributed by atoms with E-state index in [1.807, 2.05) is 0 Å². The van der Waals surface area contributed by atoms with Crippen LogP contribution in [0.2, 0.25) is 0 Å². The Hall–Kier alpha value is -1.23. The molecule has 0 saturated heterocycles. The van der Waals surface area contributed by atoms with Gasteiger partial charge in [0.05, 0.1) is 0 Å². The molecule has 0 fully saturated rings. The van der Waals surface area contributed by atoms with Crippen LogP contribution >= 0.6 is 0 Å². The highest BCUT2D eigenvalue weighted by molar-refractivity contribution is 5.92. The van der Waals surface area contributed by atoms with Crippen LogP contribution in [0.1, 0.15) is 6.92 Å². The Bertz CT molecular complexity index is 218. The fraction of sp³-hybridized carbons (Fsp3) is 0.286. The van der Waals surface area contributed by atoms with Crippen LogP contribution < -0.4 is 0 Å². The fourth-order valence-corrected chi connectivity index (χ4v) is 0.627. The van der Waals surface area contributed by atoms with Gasteiger partial charge in [0.15, 0.2) is 0 Å². The molecule has 46 valence electrons. The second-order valence-electron chi connectivity index (χ2n) is 1.82. The summed E-state index contributed by atoms with van der Waals surface area (Å²) < 4.78 is 4.61. The number of carbonyl (C=O) groups excluding carboxylic acids is 1. The summed E-state index contributed by atoms with van der Waals surface area (Å²) in [6, 6.07) is 0. The van der Waals surface area contributed by atoms with E-state index in [4.69, 9.17) is 6.42 Å². The summed E-state index contributed by atoms with van der Waals surface area (Å²) in [5.74, 6) is 2.09. The quantitative estimate of drug-likeness (QED) is 0.345. The normalized spacial score (nSPS) is 17.6. The first kappa shape index (κ1) is 5.90. The maximum Gasteiger partial charge on any atom is 0.335 e. The summed E-state index contributed by atoms with van der Waals surface area (Å²) in [6.07, 6.45) is 5.05. The van der Waals surface area contributed by atoms with Gasteiger partial charge in [0, 0.05) is 11.1 Å². The third-order valence-electron chi connectivity index (χ3n) is 1.28. The van der Waals surface area contributed by atoms with Crippen molar-refractivity contribution in [2.24, 2.45) is 0 Å². The number of esters is 1. The molecule has 0 radical (unpaired) electrons. The molecule has 0 unspecified atom stereocenters. The minimum Gasteiger partial charge on any atom is -0.457 e. The van der Waals surface area contributed by atoms with Gasteiger partial charge in [-0.15, -0.1) is 6.42 Å². The lowest BCUT2D eigenvalue weighted by Crippen LogP contribution is -1.94. The molecule has 0 atom stereocenters. The average molecular weight is 122 g/mol. The van der Waals surface area contributed by atoms with Crippen molar-refractivity contribution in [2.75, 3.05) is 6.61 Å². The zero-order chi connectivity index (χ0) is 6.85. The Kier molecular flexibility index (Phi) is 1.27. The third kappa shape index (κ3) is 0.812. The molecule has 0 bridgehead atoms. The summed E-state index contributed by atoms with van der Waals surface area (Å²) in [4.78, 5) is 10.6. The van der Waals surface area contributed by atoms with Gasteiger partial charge in [0.2, 0.25) is 0 Å². The van der Waals surface area contributed by atoms with Gasteiger partial charge in [-0.1, -0.05) is 5.92 Å². The summed E-state index contributed by atoms with van der Waals surface area (Å²) in [7, 11) is 0. The van der Waals surface area contributed by atoms with E-state index in [0.717, 1.165) is 0 Å². The standard InChI is InChI=1S/C7H6O2/c1-3-6-4-9-7(8)5(6)2/h1H,4H2,2H3. The highest BCUT2D eigenvalue weighted by Gasteiger charge is 2.18. The SMILES string of the molecule is C#CC1=C(C)C(=O)OC1. The fourth-order valence-electron chi connectivity index (χ4n) is 0.627. The third-order valence-corrected chi connectivity index (χ3v) is 1.28. The molecule has 0 aliphatic carbocycles. The molecule has 2 nitrogen and oxygen atoms in total. The van der Waals surface area contributed by atoms with Crippen molar-refractivity contribution in [3.05, 3.63) is 11.1 Å². The Morgan fingerprint density at radius 2 is 2.44 bits per heavy atom. The van der Waals surface area contributed by atoms with Crippen LogP contribution in [0.3, 0.4) is 0 Å². The van der Waals surface area contributed by atoms with Gasteiger partial charge in [-0.25, -0.2) is 4.79 Å². The van der Waals surface area contributed by atoms with Gasteiger partial charge < -0.3 is 4.74 Å². The van der Waals surface area contributed by atoms with E-state index in [2.05, 4.69) is 10.7 Å². The zero-order valence-corrected chi connectivity index (χ0v) is 5.10. The molecule has 0 amide bonds. The number of cyclic esters (lactones) is 1. The summed E-state index contributed by atoms with van der Waals surface area (Å²) in [5.41, 5.74) is 1.23. The number of hydrogen-bond donors (Lipinski definition) is 0. The molecule has 2 heteroatoms. The maximum atomic E-state index is 10.6. The van der Waals surface area contributed by atoms with Crippen molar-refractivity contribution in [3.8, 4) is 12.3 Å². The van der Waals surface area contributed by atoms with Gasteiger partial charge in [0.1, 0.15) is 6.61 Å². The minimum atomic E-state index is -0.289. The topological polar surface area (TPSA) is 26.3 Å². The molecule has 1 rings (SSSR count). The lowest BCUT2D eigenvalue weighted by atomic mass is 10.2. The molecule has 0 aromatic carbocycles. The first-order valence-corrected chi connectivity index (χ1v) is 2.59. The van der Waals surface area contributed by atoms with Gasteiger partial charge in [-0.05, 0) is 6.92 Å². The minimum absolute atomic E-state index is 0.279. The van der Waals surface area contributed by atoms with Gasteiger partial charge in [-0.3, -0.25) is 0 Å². The number of carbonyl (C=O) groups is 1. The van der Waals surface area contributed by atoms with E-state index >= 15 is 0 Å². The second kappa shape index (κ2) is 1.94. The highest BCUT2D eigenvalue weighted by atomic mass is 16.5. The largest absolute Gasteiger partial charge is 0.457 e. The molecular formula is C7H6O2. The predicted octanol–water partition coefficient (Wildman–Crippen LogP) is 0.493. The first-order valence-electron chi connectivity index (χ1n) is 2.59. The van der Waals surface area contributed by atoms with E-state index in [-0.39, 0.29) is 12.6 Å². The van der Waals surface area contributed by atoms with E-state index in [1.54, 1.807) is 6.92 Å². The summed E-state index contributed by atoms with van der Waals surface area (Å²) >= 11 is 0. The summed E-state index contributed by atoms with van der Waals surface area (Å²) in [5, 5.41) is 0. The van der Waals surface area contributed by atoms with Crippen molar-refractivity contribution in [2.45, 2.75) is 6.92 Å². The molecule has 1 aliphatic rings. The van der Waals surface area contributed by atoms with E-state index in [0.29, 0.717) is 11.1 Å². The molecule has 1 aliphatic heterocycles. The van der Waals surface area contributed by atoms with Crippen LogP contribution in [0.5, 0.6) is 0 Å². The lowest BCUT2D eigenvalue weighted by molar-refractivity contribution is -0.135. The van der Waals surface area contributed by atoms with Crippen molar-refractivity contribution in [1.29, 1.82) is 0 Å². The predicted molar refractivity (Wildman–Crippen MR) is 32.5 cm³/mol. The molecule has 0 aromatic heterocycles. The van der Waals surface area contributed by atoms with Crippen LogP contribution in [0.25, 0.3) is 0 Å². The van der Waals surface area contributed by atoms with E-state index < -0.39 is 0 Å². The number of rotatable bonds is 0. The van der Waals surface area contributed by atoms with E-state index in [1.165, 1.54) is 0 Å². The molecule has 0 N–H and O–H groups in total. The molecule has 9 heavy (non-hydrogen) atoms. The van der Waals surface area contributed by atoms with Crippen molar-refractivity contribution in [1.82, 2.24) is 0 Å². The molecule has 0 saturated carbocycles. The Labute approximate surface area is 53.5 Å². The van der Waals surface area contributed by atoms with Crippen LogP contribution in [-0.4, -0.2) is 12.6 Å². The number of hydrogen-bond acceptors (Lipinski definition) is 2. The zero-order valence-electron chi connectivity index (χ0n) is 5.10. The second-order valence-corrected chi connectivity index (χ2v) is 1.82. The van der Waals surface area contributed by atoms with Crippen LogP contribution in [0, 0.1) is 12.3 Å². The first-order chi connectivity index (χ1) is 4.25. The highest BCUT2D eigenvalue weighted by Crippen LogP contribution is 2.12. The van der Waals surface area contributed by atoms with Crippen molar-refractivity contribution in [3.63, 3.8) is 0 Å². The average Bonchev–Trinajstić information content (AvgIpc) is 2.15. The van der Waals surface area contributed by atoms with Crippen LogP contribution in [0.15, 0.2) is 11.1 Å².